The smallest absolute Gasteiger partial charge is 0.0693 e. The average molecular weight is 960 g/mol. The molecule has 0 unspecified atom stereocenters. The third kappa shape index (κ3) is 7.60. The molecular weight excluding hydrogens is 952 g/mol. The van der Waals surface area contributed by atoms with E-state index in [4.69, 9.17) is 186 Å². The van der Waals surface area contributed by atoms with Crippen molar-refractivity contribution in [2.24, 2.45) is 0 Å². The van der Waals surface area contributed by atoms with Crippen LogP contribution in [0.1, 0.15) is 22.3 Å². The van der Waals surface area contributed by atoms with Gasteiger partial charge in [-0.2, -0.15) is 0 Å². The van der Waals surface area contributed by atoms with E-state index in [2.05, 4.69) is 0 Å². The molecule has 16 heteroatoms. The first-order valence-electron chi connectivity index (χ1n) is 12.6. The van der Waals surface area contributed by atoms with Gasteiger partial charge in [0.25, 0.3) is 0 Å². The number of hydrogen-bond acceptors (Lipinski definition) is 0. The highest BCUT2D eigenvalue weighted by Crippen LogP contribution is 2.45. The van der Waals surface area contributed by atoms with Crippen molar-refractivity contribution in [3.8, 4) is 0 Å². The van der Waals surface area contributed by atoms with Crippen molar-refractivity contribution >= 4 is 197 Å². The van der Waals surface area contributed by atoms with E-state index in [-0.39, 0.29) is 124 Å². The van der Waals surface area contributed by atoms with Gasteiger partial charge in [0.15, 0.2) is 0 Å². The first kappa shape index (κ1) is 39.7. The summed E-state index contributed by atoms with van der Waals surface area (Å²) in [5.41, 5.74) is 1.13. The van der Waals surface area contributed by atoms with Gasteiger partial charge >= 0.3 is 0 Å². The summed E-state index contributed by atoms with van der Waals surface area (Å²) in [5.74, 6) is 0. The normalized spacial score (nSPS) is 11.3. The molecule has 0 bridgehead atoms. The van der Waals surface area contributed by atoms with Gasteiger partial charge in [-0.05, 0) is 48.5 Å². The predicted molar refractivity (Wildman–Crippen MR) is 215 cm³/mol. The Morgan fingerprint density at radius 3 is 0.542 bits per heavy atom. The highest BCUT2D eigenvalue weighted by molar-refractivity contribution is 6.50. The van der Waals surface area contributed by atoms with Gasteiger partial charge in [0.05, 0.1) is 60.3 Å². The molecule has 0 aliphatic heterocycles. The first-order chi connectivity index (χ1) is 22.4. The topological polar surface area (TPSA) is 0 Å². The van der Waals surface area contributed by atoms with Crippen LogP contribution in [-0.4, -0.2) is 0 Å². The lowest BCUT2D eigenvalue weighted by Crippen LogP contribution is -2.23. The summed E-state index contributed by atoms with van der Waals surface area (Å²) < 4.78 is 0. The zero-order valence-corrected chi connectivity index (χ0v) is 34.8. The fraction of sp³-hybridized carbons (Fsp3) is 0. The Morgan fingerprint density at radius 1 is 0.250 bits per heavy atom. The van der Waals surface area contributed by atoms with Crippen LogP contribution in [0.3, 0.4) is 0 Å². The molecule has 0 nitrogen and oxygen atoms in total. The minimum atomic E-state index is -0.139. The molecule has 5 rings (SSSR count). The van der Waals surface area contributed by atoms with E-state index in [1.54, 1.807) is 0 Å². The van der Waals surface area contributed by atoms with E-state index in [0.29, 0.717) is 0 Å². The van der Waals surface area contributed by atoms with Crippen LogP contribution >= 0.6 is 186 Å². The molecule has 0 saturated carbocycles. The van der Waals surface area contributed by atoms with Crippen molar-refractivity contribution in [2.75, 3.05) is 0 Å². The van der Waals surface area contributed by atoms with Gasteiger partial charge in [-0.15, -0.1) is 0 Å². The van der Waals surface area contributed by atoms with Crippen LogP contribution in [0.25, 0.3) is 11.1 Å². The van der Waals surface area contributed by atoms with Gasteiger partial charge < -0.3 is 0 Å². The van der Waals surface area contributed by atoms with Crippen LogP contribution in [0.15, 0.2) is 48.5 Å². The molecule has 5 aromatic rings. The first-order valence-corrected chi connectivity index (χ1v) is 18.7. The fourth-order valence-corrected chi connectivity index (χ4v) is 10.2. The monoisotopic (exact) mass is 952 g/mol. The largest absolute Gasteiger partial charge is 0.0842 e. The van der Waals surface area contributed by atoms with E-state index in [1.807, 2.05) is 0 Å². The summed E-state index contributed by atoms with van der Waals surface area (Å²) in [7, 11) is 0. The van der Waals surface area contributed by atoms with Crippen molar-refractivity contribution < 1.29 is 0 Å². The summed E-state index contributed by atoms with van der Waals surface area (Å²) in [6.07, 6.45) is 0. The van der Waals surface area contributed by atoms with Gasteiger partial charge in [-0.25, -0.2) is 0 Å². The third-order valence-electron chi connectivity index (χ3n) is 6.79. The molecule has 0 aromatic heterocycles. The van der Waals surface area contributed by atoms with Gasteiger partial charge in [-0.3, -0.25) is 0 Å². The maximum atomic E-state index is 7.16. The molecule has 0 N–H and O–H groups in total. The van der Waals surface area contributed by atoms with E-state index in [9.17, 15) is 0 Å². The second-order valence-corrected chi connectivity index (χ2v) is 16.2. The maximum Gasteiger partial charge on any atom is 0.0693 e. The fourth-order valence-electron chi connectivity index (χ4n) is 4.94. The Labute approximate surface area is 354 Å². The van der Waals surface area contributed by atoms with Gasteiger partial charge in [-0.1, -0.05) is 186 Å². The highest BCUT2D eigenvalue weighted by Gasteiger charge is 2.28. The molecule has 5 aromatic carbocycles. The Hall–Kier alpha value is 0.480. The van der Waals surface area contributed by atoms with Crippen LogP contribution in [0.4, 0.5) is 0 Å². The van der Waals surface area contributed by atoms with Gasteiger partial charge in [0, 0.05) is 63.9 Å². The number of benzene rings is 5. The summed E-state index contributed by atoms with van der Waals surface area (Å²) in [6.45, 7) is 0. The molecule has 0 aliphatic rings. The van der Waals surface area contributed by atoms with Crippen molar-refractivity contribution in [3.63, 3.8) is 0 Å². The maximum absolute atomic E-state index is 7.16. The molecule has 248 valence electrons. The van der Waals surface area contributed by atoms with Crippen LogP contribution in [0.2, 0.25) is 80.4 Å². The molecule has 0 saturated heterocycles. The zero-order valence-electron chi connectivity index (χ0n) is 22.7. The molecule has 0 spiro atoms. The van der Waals surface area contributed by atoms with E-state index in [0.717, 1.165) is 0 Å². The van der Waals surface area contributed by atoms with Crippen LogP contribution in [0, 0.1) is 0 Å². The Balaban J connectivity index is 2.16. The number of hydrogen-bond donors (Lipinski definition) is 0. The lowest BCUT2D eigenvalue weighted by Gasteiger charge is -2.20. The third-order valence-corrected chi connectivity index (χ3v) is 11.8. The Bertz CT molecular complexity index is 1900. The molecule has 0 radical (unpaired) electrons. The summed E-state index contributed by atoms with van der Waals surface area (Å²) in [4.78, 5) is 0. The predicted octanol–water partition coefficient (Wildman–Crippen LogP) is 16.6. The van der Waals surface area contributed by atoms with E-state index >= 15 is 0 Å². The van der Waals surface area contributed by atoms with Gasteiger partial charge in [0.2, 0.25) is 0 Å². The quantitative estimate of drug-likeness (QED) is 0.158. The lowest BCUT2D eigenvalue weighted by atomic mass is 9.92. The summed E-state index contributed by atoms with van der Waals surface area (Å²) in [6, 6.07) is 11.7. The lowest BCUT2D eigenvalue weighted by molar-refractivity contribution is 1.43. The standard InChI is InChI=1S/C32H8Cl16/c33-9-1-13(37)21(14(38)2-9)25(22-15(39)3-10(34)4-16(22)40)27-29(45)31(47)28(32(48)30(27)46)26(23-17(41)5-11(35)6-18(23)42)24-19(43)7-12(36)8-20(24)44/h1-8H. The molecule has 0 amide bonds. The average Bonchev–Trinajstić information content (AvgIpc) is 2.94. The Morgan fingerprint density at radius 2 is 0.396 bits per heavy atom. The van der Waals surface area contributed by atoms with Gasteiger partial charge in [0.1, 0.15) is 0 Å². The molecule has 0 atom stereocenters. The zero-order chi connectivity index (χ0) is 35.5. The summed E-state index contributed by atoms with van der Waals surface area (Å²) in [5, 5.41) is 1.31. The molecule has 48 heavy (non-hydrogen) atoms. The van der Waals surface area contributed by atoms with Crippen LogP contribution in [-0.2, 0) is 0 Å². The van der Waals surface area contributed by atoms with Crippen molar-refractivity contribution in [2.45, 2.75) is 0 Å². The van der Waals surface area contributed by atoms with Crippen LogP contribution in [0.5, 0.6) is 0 Å². The summed E-state index contributed by atoms with van der Waals surface area (Å²) >= 11 is 108. The van der Waals surface area contributed by atoms with E-state index < -0.39 is 0 Å². The highest BCUT2D eigenvalue weighted by atomic mass is 35.5. The second kappa shape index (κ2) is 15.8. The van der Waals surface area contributed by atoms with Crippen molar-refractivity contribution in [1.29, 1.82) is 0 Å². The Kier molecular flexibility index (Phi) is 13.1. The SMILES string of the molecule is Clc1cc(Cl)c(C(c2c(Cl)cc(Cl)cc2Cl)=c2c(Cl)c(Cl)c(=C(c3c(Cl)cc(Cl)cc3Cl)c3c(Cl)cc(Cl)cc3Cl)c(Cl)c2Cl)c(Cl)c1. The number of halogens is 16. The minimum Gasteiger partial charge on any atom is -0.0842 e. The number of rotatable bonds is 4. The van der Waals surface area contributed by atoms with Crippen LogP contribution < -0.4 is 10.4 Å². The molecular formula is C32H8Cl16. The van der Waals surface area contributed by atoms with Crippen molar-refractivity contribution in [3.05, 3.63) is 162 Å². The molecule has 0 aliphatic carbocycles. The van der Waals surface area contributed by atoms with Crippen molar-refractivity contribution in [1.82, 2.24) is 0 Å². The molecule has 0 heterocycles. The van der Waals surface area contributed by atoms with E-state index in [1.165, 1.54) is 48.5 Å². The second-order valence-electron chi connectivity index (χ2n) is 9.73. The minimum absolute atomic E-state index is 0.0512. The molecule has 0 fully saturated rings.